The number of Topliss-reactive ketones (excluding diaryl/α,β-unsaturated/α-hetero) is 1. The van der Waals surface area contributed by atoms with Crippen LogP contribution in [0.25, 0.3) is 0 Å². The van der Waals surface area contributed by atoms with Gasteiger partial charge in [-0.15, -0.1) is 0 Å². The topological polar surface area (TPSA) is 46.6 Å². The molecule has 0 fully saturated rings. The smallest absolute Gasteiger partial charge is 0.232 e. The molecule has 2 aromatic carbocycles. The zero-order chi connectivity index (χ0) is 20.8. The summed E-state index contributed by atoms with van der Waals surface area (Å²) in [4.78, 5) is 28.1. The molecule has 150 valence electrons. The molecule has 2 aromatic rings. The van der Waals surface area contributed by atoms with Crippen molar-refractivity contribution in [3.63, 3.8) is 0 Å². The molecular weight excluding hydrogens is 369 g/mol. The van der Waals surface area contributed by atoms with Crippen LogP contribution in [0, 0.1) is 11.2 Å². The number of hydrogen-bond donors (Lipinski definition) is 0. The van der Waals surface area contributed by atoms with Crippen LogP contribution in [0.1, 0.15) is 44.6 Å². The van der Waals surface area contributed by atoms with E-state index in [1.165, 1.54) is 12.1 Å². The van der Waals surface area contributed by atoms with Crippen LogP contribution >= 0.6 is 0 Å². The normalized spacial score (nSPS) is 21.2. The lowest BCUT2D eigenvalue weighted by Gasteiger charge is -2.43. The number of allylic oxidation sites excluding steroid dienone is 2. The van der Waals surface area contributed by atoms with Gasteiger partial charge in [0.1, 0.15) is 11.6 Å². The molecule has 0 bridgehead atoms. The standard InChI is InChI=1S/C24H24FNO3/c1-24(2)13-20-23(21(27)14-24)19(15-5-4-6-18(11-15)29-3)12-22(28)26(20)17-9-7-16(25)8-10-17/h4-11,19H,12-14H2,1-3H3. The van der Waals surface area contributed by atoms with Gasteiger partial charge in [-0.3, -0.25) is 14.5 Å². The number of nitrogens with zero attached hydrogens (tertiary/aromatic N) is 1. The van der Waals surface area contributed by atoms with Gasteiger partial charge in [0, 0.05) is 35.7 Å². The van der Waals surface area contributed by atoms with Crippen LogP contribution in [-0.4, -0.2) is 18.8 Å². The third-order valence-corrected chi connectivity index (χ3v) is 5.72. The molecule has 1 heterocycles. The third kappa shape index (κ3) is 3.57. The predicted octanol–water partition coefficient (Wildman–Crippen LogP) is 5.00. The molecule has 0 saturated carbocycles. The van der Waals surface area contributed by atoms with Gasteiger partial charge in [0.2, 0.25) is 5.91 Å². The predicted molar refractivity (Wildman–Crippen MR) is 109 cm³/mol. The van der Waals surface area contributed by atoms with Gasteiger partial charge in [0.05, 0.1) is 7.11 Å². The van der Waals surface area contributed by atoms with Crippen molar-refractivity contribution in [2.45, 2.75) is 39.0 Å². The van der Waals surface area contributed by atoms with Crippen LogP contribution in [0.4, 0.5) is 10.1 Å². The molecule has 29 heavy (non-hydrogen) atoms. The Hall–Kier alpha value is -2.95. The van der Waals surface area contributed by atoms with Crippen LogP contribution in [0.2, 0.25) is 0 Å². The molecule has 1 unspecified atom stereocenters. The second-order valence-corrected chi connectivity index (χ2v) is 8.54. The lowest BCUT2D eigenvalue weighted by molar-refractivity contribution is -0.121. The van der Waals surface area contributed by atoms with Crippen molar-refractivity contribution in [2.24, 2.45) is 5.41 Å². The van der Waals surface area contributed by atoms with Gasteiger partial charge in [-0.2, -0.15) is 0 Å². The van der Waals surface area contributed by atoms with Crippen LogP contribution in [0.15, 0.2) is 59.8 Å². The molecule has 1 amide bonds. The minimum atomic E-state index is -0.360. The van der Waals surface area contributed by atoms with E-state index in [1.807, 2.05) is 38.1 Å². The maximum atomic E-state index is 13.4. The summed E-state index contributed by atoms with van der Waals surface area (Å²) < 4.78 is 18.8. The number of ether oxygens (including phenoxy) is 1. The van der Waals surface area contributed by atoms with E-state index >= 15 is 0 Å². The SMILES string of the molecule is COc1cccc(C2CC(=O)N(c3ccc(F)cc3)C3=C2C(=O)CC(C)(C)C3)c1. The molecule has 0 spiro atoms. The van der Waals surface area contributed by atoms with Gasteiger partial charge < -0.3 is 4.74 Å². The number of carbonyl (C=O) groups excluding carboxylic acids is 2. The Morgan fingerprint density at radius 2 is 1.79 bits per heavy atom. The molecule has 0 radical (unpaired) electrons. The average molecular weight is 393 g/mol. The van der Waals surface area contributed by atoms with Crippen LogP contribution in [0.3, 0.4) is 0 Å². The first-order chi connectivity index (χ1) is 13.8. The van der Waals surface area contributed by atoms with Gasteiger partial charge in [0.15, 0.2) is 5.78 Å². The first-order valence-electron chi connectivity index (χ1n) is 9.78. The molecule has 0 N–H and O–H groups in total. The van der Waals surface area contributed by atoms with Gasteiger partial charge in [-0.25, -0.2) is 4.39 Å². The summed E-state index contributed by atoms with van der Waals surface area (Å²) in [5.74, 6) is 0.0219. The molecule has 1 aliphatic heterocycles. The van der Waals surface area contributed by atoms with Crippen molar-refractivity contribution in [1.29, 1.82) is 0 Å². The van der Waals surface area contributed by atoms with E-state index in [1.54, 1.807) is 24.1 Å². The Morgan fingerprint density at radius 1 is 1.07 bits per heavy atom. The van der Waals surface area contributed by atoms with E-state index in [9.17, 15) is 14.0 Å². The second-order valence-electron chi connectivity index (χ2n) is 8.54. The third-order valence-electron chi connectivity index (χ3n) is 5.72. The van der Waals surface area contributed by atoms with Gasteiger partial charge in [-0.1, -0.05) is 26.0 Å². The van der Waals surface area contributed by atoms with Crippen molar-refractivity contribution in [3.05, 3.63) is 71.2 Å². The summed E-state index contributed by atoms with van der Waals surface area (Å²) in [7, 11) is 1.60. The monoisotopic (exact) mass is 393 g/mol. The Morgan fingerprint density at radius 3 is 2.48 bits per heavy atom. The molecule has 5 heteroatoms. The average Bonchev–Trinajstić information content (AvgIpc) is 2.67. The number of methoxy groups -OCH3 is 1. The van der Waals surface area contributed by atoms with E-state index in [-0.39, 0.29) is 35.3 Å². The number of ketones is 1. The fourth-order valence-electron chi connectivity index (χ4n) is 4.45. The lowest BCUT2D eigenvalue weighted by atomic mass is 9.69. The molecular formula is C24H24FNO3. The van der Waals surface area contributed by atoms with Crippen LogP contribution in [0.5, 0.6) is 5.75 Å². The van der Waals surface area contributed by atoms with Gasteiger partial charge in [0.25, 0.3) is 0 Å². The molecule has 1 atom stereocenters. The fourth-order valence-corrected chi connectivity index (χ4v) is 4.45. The Labute approximate surface area is 170 Å². The summed E-state index contributed by atoms with van der Waals surface area (Å²) in [5.41, 5.74) is 2.68. The zero-order valence-corrected chi connectivity index (χ0v) is 16.9. The summed E-state index contributed by atoms with van der Waals surface area (Å²) in [6.45, 7) is 4.08. The summed E-state index contributed by atoms with van der Waals surface area (Å²) in [6.07, 6.45) is 1.24. The number of anilines is 1. The van der Waals surface area contributed by atoms with E-state index in [2.05, 4.69) is 0 Å². The summed E-state index contributed by atoms with van der Waals surface area (Å²) in [6, 6.07) is 13.4. The molecule has 2 aliphatic rings. The van der Waals surface area contributed by atoms with E-state index < -0.39 is 0 Å². The van der Waals surface area contributed by atoms with Gasteiger partial charge in [-0.05, 0) is 53.8 Å². The lowest BCUT2D eigenvalue weighted by Crippen LogP contribution is -2.43. The number of benzene rings is 2. The number of rotatable bonds is 3. The maximum absolute atomic E-state index is 13.4. The number of carbonyl (C=O) groups is 2. The highest BCUT2D eigenvalue weighted by molar-refractivity contribution is 6.07. The molecule has 0 saturated heterocycles. The van der Waals surface area contributed by atoms with Crippen molar-refractivity contribution in [3.8, 4) is 5.75 Å². The largest absolute Gasteiger partial charge is 0.497 e. The summed E-state index contributed by atoms with van der Waals surface area (Å²) in [5, 5.41) is 0. The quantitative estimate of drug-likeness (QED) is 0.737. The van der Waals surface area contributed by atoms with E-state index in [0.717, 1.165) is 11.3 Å². The number of halogens is 1. The number of hydrogen-bond acceptors (Lipinski definition) is 3. The summed E-state index contributed by atoms with van der Waals surface area (Å²) >= 11 is 0. The fraction of sp³-hybridized carbons (Fsp3) is 0.333. The molecule has 0 aromatic heterocycles. The minimum Gasteiger partial charge on any atom is -0.497 e. The van der Waals surface area contributed by atoms with Crippen molar-refractivity contribution >= 4 is 17.4 Å². The second kappa shape index (κ2) is 7.14. The Balaban J connectivity index is 1.88. The Bertz CT molecular complexity index is 1010. The first-order valence-corrected chi connectivity index (χ1v) is 9.78. The highest BCUT2D eigenvalue weighted by Gasteiger charge is 2.44. The molecule has 1 aliphatic carbocycles. The number of amides is 1. The van der Waals surface area contributed by atoms with Gasteiger partial charge >= 0.3 is 0 Å². The molecule has 4 nitrogen and oxygen atoms in total. The Kier molecular flexibility index (Phi) is 4.77. The zero-order valence-electron chi connectivity index (χ0n) is 16.9. The first kappa shape index (κ1) is 19.4. The molecule has 4 rings (SSSR count). The minimum absolute atomic E-state index is 0.0729. The van der Waals surface area contributed by atoms with E-state index in [4.69, 9.17) is 4.74 Å². The highest BCUT2D eigenvalue weighted by Crippen LogP contribution is 2.48. The van der Waals surface area contributed by atoms with E-state index in [0.29, 0.717) is 29.9 Å². The maximum Gasteiger partial charge on any atom is 0.232 e. The van der Waals surface area contributed by atoms with Crippen molar-refractivity contribution in [2.75, 3.05) is 12.0 Å². The highest BCUT2D eigenvalue weighted by atomic mass is 19.1. The van der Waals surface area contributed by atoms with Crippen molar-refractivity contribution in [1.82, 2.24) is 0 Å². The van der Waals surface area contributed by atoms with Crippen LogP contribution < -0.4 is 9.64 Å². The van der Waals surface area contributed by atoms with Crippen molar-refractivity contribution < 1.29 is 18.7 Å². The van der Waals surface area contributed by atoms with Crippen LogP contribution in [-0.2, 0) is 9.59 Å².